The standard InChI is InChI=1S/C31H35F6N3O3S/c1-3-43-29(42)21-11-17-40(18-12-21)26(41)10-8-20-7-9-25(28(31(35,36)37)27(20)30(32,33)34)44-24-6-4-5-23(19-24)38-22-13-15-39(2)16-14-22/h4-10,19,21-22,38H,3,11-18H2,1-2H3/b10-8+. The Morgan fingerprint density at radius 3 is 2.23 bits per heavy atom. The van der Waals surface area contributed by atoms with Crippen LogP contribution in [-0.4, -0.2) is 67.6 Å². The molecule has 2 fully saturated rings. The average molecular weight is 644 g/mol. The fraction of sp³-hybridized carbons (Fsp3) is 0.484. The van der Waals surface area contributed by atoms with Crippen molar-refractivity contribution in [3.05, 3.63) is 59.2 Å². The van der Waals surface area contributed by atoms with Gasteiger partial charge in [-0.3, -0.25) is 9.59 Å². The Labute approximate surface area is 256 Å². The summed E-state index contributed by atoms with van der Waals surface area (Å²) in [6.07, 6.45) is -6.61. The number of hydrogen-bond acceptors (Lipinski definition) is 6. The van der Waals surface area contributed by atoms with E-state index < -0.39 is 39.8 Å². The molecule has 240 valence electrons. The van der Waals surface area contributed by atoms with Crippen LogP contribution in [0.5, 0.6) is 0 Å². The highest BCUT2D eigenvalue weighted by molar-refractivity contribution is 7.99. The number of nitrogens with zero attached hydrogens (tertiary/aromatic N) is 2. The lowest BCUT2D eigenvalue weighted by molar-refractivity contribution is -0.163. The molecule has 0 aliphatic carbocycles. The summed E-state index contributed by atoms with van der Waals surface area (Å²) >= 11 is 0.604. The number of rotatable bonds is 8. The molecular weight excluding hydrogens is 608 g/mol. The van der Waals surface area contributed by atoms with Crippen LogP contribution in [0.1, 0.15) is 49.3 Å². The van der Waals surface area contributed by atoms with Gasteiger partial charge in [-0.15, -0.1) is 0 Å². The minimum atomic E-state index is -5.35. The van der Waals surface area contributed by atoms with E-state index in [0.29, 0.717) is 35.2 Å². The van der Waals surface area contributed by atoms with E-state index >= 15 is 0 Å². The zero-order valence-corrected chi connectivity index (χ0v) is 25.2. The normalized spacial score (nSPS) is 17.7. The molecule has 1 N–H and O–H groups in total. The maximum Gasteiger partial charge on any atom is 0.418 e. The van der Waals surface area contributed by atoms with E-state index in [1.54, 1.807) is 31.2 Å². The van der Waals surface area contributed by atoms with Gasteiger partial charge in [0.2, 0.25) is 5.91 Å². The van der Waals surface area contributed by atoms with Crippen molar-refractivity contribution < 1.29 is 40.7 Å². The zero-order chi connectivity index (χ0) is 32.1. The van der Waals surface area contributed by atoms with E-state index in [4.69, 9.17) is 4.74 Å². The minimum absolute atomic E-state index is 0.174. The first-order chi connectivity index (χ1) is 20.8. The monoisotopic (exact) mass is 643 g/mol. The van der Waals surface area contributed by atoms with Crippen LogP contribution >= 0.6 is 11.8 Å². The van der Waals surface area contributed by atoms with Gasteiger partial charge in [-0.25, -0.2) is 0 Å². The van der Waals surface area contributed by atoms with Gasteiger partial charge >= 0.3 is 18.3 Å². The van der Waals surface area contributed by atoms with Gasteiger partial charge in [0.15, 0.2) is 0 Å². The zero-order valence-electron chi connectivity index (χ0n) is 24.4. The molecule has 4 rings (SSSR count). The van der Waals surface area contributed by atoms with Gasteiger partial charge in [-0.1, -0.05) is 23.9 Å². The summed E-state index contributed by atoms with van der Waals surface area (Å²) in [6, 6.07) is 8.76. The summed E-state index contributed by atoms with van der Waals surface area (Å²) in [5.41, 5.74) is -3.73. The molecule has 0 atom stereocenters. The molecule has 0 bridgehead atoms. The number of hydrogen-bond donors (Lipinski definition) is 1. The summed E-state index contributed by atoms with van der Waals surface area (Å²) in [5.74, 6) is -1.41. The number of amides is 1. The van der Waals surface area contributed by atoms with Crippen LogP contribution in [-0.2, 0) is 26.7 Å². The predicted octanol–water partition coefficient (Wildman–Crippen LogP) is 7.20. The number of likely N-dealkylation sites (tertiary alicyclic amines) is 2. The average Bonchev–Trinajstić information content (AvgIpc) is 2.96. The maximum atomic E-state index is 14.3. The third kappa shape index (κ3) is 8.71. The summed E-state index contributed by atoms with van der Waals surface area (Å²) < 4.78 is 90.8. The maximum absolute atomic E-state index is 14.3. The van der Waals surface area contributed by atoms with Crippen LogP contribution in [0.15, 0.2) is 52.3 Å². The highest BCUT2D eigenvalue weighted by Gasteiger charge is 2.46. The topological polar surface area (TPSA) is 61.9 Å². The molecular formula is C31H35F6N3O3S. The smallest absolute Gasteiger partial charge is 0.418 e. The van der Waals surface area contributed by atoms with Crippen molar-refractivity contribution in [1.29, 1.82) is 0 Å². The fourth-order valence-electron chi connectivity index (χ4n) is 5.44. The largest absolute Gasteiger partial charge is 0.466 e. The number of carbonyl (C=O) groups is 2. The lowest BCUT2D eigenvalue weighted by Gasteiger charge is -2.30. The number of nitrogens with one attached hydrogen (secondary N) is 1. The van der Waals surface area contributed by atoms with E-state index in [2.05, 4.69) is 10.2 Å². The SMILES string of the molecule is CCOC(=O)C1CCN(C(=O)/C=C/c2ccc(Sc3cccc(NC4CCN(C)CC4)c3)c(C(F)(F)F)c2C(F)(F)F)CC1. The third-order valence-electron chi connectivity index (χ3n) is 7.75. The van der Waals surface area contributed by atoms with Crippen LogP contribution in [0.2, 0.25) is 0 Å². The summed E-state index contributed by atoms with van der Waals surface area (Å²) in [7, 11) is 2.03. The quantitative estimate of drug-likeness (QED) is 0.187. The van der Waals surface area contributed by atoms with Gasteiger partial charge < -0.3 is 19.9 Å². The van der Waals surface area contributed by atoms with Gasteiger partial charge in [-0.2, -0.15) is 26.3 Å². The van der Waals surface area contributed by atoms with Crippen LogP contribution in [0.4, 0.5) is 32.0 Å². The third-order valence-corrected chi connectivity index (χ3v) is 8.80. The van der Waals surface area contributed by atoms with Crippen LogP contribution in [0, 0.1) is 5.92 Å². The molecule has 2 heterocycles. The molecule has 1 amide bonds. The molecule has 2 aromatic carbocycles. The van der Waals surface area contributed by atoms with Crippen molar-refractivity contribution in [2.24, 2.45) is 5.92 Å². The number of halogens is 6. The highest BCUT2D eigenvalue weighted by atomic mass is 32.2. The van der Waals surface area contributed by atoms with Gasteiger partial charge in [-0.05, 0) is 88.6 Å². The van der Waals surface area contributed by atoms with Gasteiger partial charge in [0.05, 0.1) is 23.7 Å². The summed E-state index contributed by atoms with van der Waals surface area (Å²) in [5, 5.41) is 3.37. The number of alkyl halides is 6. The molecule has 2 aliphatic rings. The Bertz CT molecular complexity index is 1350. The van der Waals surface area contributed by atoms with Gasteiger partial charge in [0.1, 0.15) is 0 Å². The number of piperidine rings is 2. The van der Waals surface area contributed by atoms with Crippen molar-refractivity contribution in [2.45, 2.75) is 60.8 Å². The van der Waals surface area contributed by atoms with Crippen LogP contribution < -0.4 is 5.32 Å². The van der Waals surface area contributed by atoms with Crippen LogP contribution in [0.25, 0.3) is 6.08 Å². The van der Waals surface area contributed by atoms with Crippen LogP contribution in [0.3, 0.4) is 0 Å². The Hall–Kier alpha value is -3.19. The Morgan fingerprint density at radius 2 is 1.61 bits per heavy atom. The molecule has 2 aliphatic heterocycles. The second kappa shape index (κ2) is 14.3. The summed E-state index contributed by atoms with van der Waals surface area (Å²) in [6.45, 7) is 4.06. The molecule has 0 saturated carbocycles. The van der Waals surface area contributed by atoms with E-state index in [0.717, 1.165) is 50.2 Å². The van der Waals surface area contributed by atoms with Crippen molar-refractivity contribution in [2.75, 3.05) is 45.2 Å². The van der Waals surface area contributed by atoms with Crippen molar-refractivity contribution in [3.8, 4) is 0 Å². The Kier molecular flexibility index (Phi) is 10.9. The van der Waals surface area contributed by atoms with E-state index in [1.165, 1.54) is 4.90 Å². The molecule has 6 nitrogen and oxygen atoms in total. The summed E-state index contributed by atoms with van der Waals surface area (Å²) in [4.78, 5) is 28.0. The first-order valence-electron chi connectivity index (χ1n) is 14.4. The number of ether oxygens (including phenoxy) is 1. The molecule has 0 aromatic heterocycles. The van der Waals surface area contributed by atoms with Crippen molar-refractivity contribution in [1.82, 2.24) is 9.80 Å². The molecule has 0 radical (unpaired) electrons. The first kappa shape index (κ1) is 33.7. The minimum Gasteiger partial charge on any atom is -0.466 e. The first-order valence-corrected chi connectivity index (χ1v) is 15.3. The van der Waals surface area contributed by atoms with Gasteiger partial charge in [0, 0.05) is 40.7 Å². The highest BCUT2D eigenvalue weighted by Crippen LogP contribution is 2.48. The number of benzene rings is 2. The predicted molar refractivity (Wildman–Crippen MR) is 156 cm³/mol. The molecule has 44 heavy (non-hydrogen) atoms. The second-order valence-corrected chi connectivity index (χ2v) is 12.1. The number of anilines is 1. The molecule has 0 unspecified atom stereocenters. The molecule has 2 saturated heterocycles. The second-order valence-electron chi connectivity index (χ2n) is 10.9. The number of esters is 1. The van der Waals surface area contributed by atoms with Gasteiger partial charge in [0.25, 0.3) is 0 Å². The molecule has 2 aromatic rings. The molecule has 0 spiro atoms. The lowest BCUT2D eigenvalue weighted by atomic mass is 9.96. The van der Waals surface area contributed by atoms with Crippen molar-refractivity contribution in [3.63, 3.8) is 0 Å². The Morgan fingerprint density at radius 1 is 0.955 bits per heavy atom. The molecule has 13 heteroatoms. The van der Waals surface area contributed by atoms with Crippen molar-refractivity contribution >= 4 is 35.4 Å². The fourth-order valence-corrected chi connectivity index (χ4v) is 6.48. The van der Waals surface area contributed by atoms with E-state index in [9.17, 15) is 35.9 Å². The van der Waals surface area contributed by atoms with E-state index in [1.807, 2.05) is 7.05 Å². The number of carbonyl (C=O) groups excluding carboxylic acids is 2. The Balaban J connectivity index is 1.56. The van der Waals surface area contributed by atoms with E-state index in [-0.39, 0.29) is 37.6 Å². The lowest BCUT2D eigenvalue weighted by Crippen LogP contribution is -2.39.